The summed E-state index contributed by atoms with van der Waals surface area (Å²) in [6.07, 6.45) is -0.236. The summed E-state index contributed by atoms with van der Waals surface area (Å²) in [5.74, 6) is -0.638. The number of aliphatic hydroxyl groups is 1. The molecular formula is C21H20ClN3O3. The molecular weight excluding hydrogens is 378 g/mol. The molecule has 7 heteroatoms. The van der Waals surface area contributed by atoms with Crippen molar-refractivity contribution in [1.29, 1.82) is 0 Å². The SMILES string of the molecule is O=C(CCc1c(-c2ccccc2)[nH]c2c(Cl)cccc12)N[C@@H]1C(=O)NC[C@H]1O. The first-order chi connectivity index (χ1) is 13.5. The van der Waals surface area contributed by atoms with E-state index in [1.165, 1.54) is 0 Å². The zero-order valence-electron chi connectivity index (χ0n) is 15.0. The van der Waals surface area contributed by atoms with Crippen molar-refractivity contribution in [2.45, 2.75) is 25.0 Å². The molecule has 2 amide bonds. The molecule has 4 rings (SSSR count). The summed E-state index contributed by atoms with van der Waals surface area (Å²) in [4.78, 5) is 27.5. The number of benzene rings is 2. The summed E-state index contributed by atoms with van der Waals surface area (Å²) < 4.78 is 0. The lowest BCUT2D eigenvalue weighted by Crippen LogP contribution is -2.45. The number of β-amino-alcohol motifs (C(OH)–C–C–N with tert-alkyl or cyclic N) is 1. The minimum Gasteiger partial charge on any atom is -0.389 e. The van der Waals surface area contributed by atoms with E-state index in [2.05, 4.69) is 15.6 Å². The molecule has 1 fully saturated rings. The van der Waals surface area contributed by atoms with Crippen LogP contribution in [0.3, 0.4) is 0 Å². The zero-order valence-corrected chi connectivity index (χ0v) is 15.8. The van der Waals surface area contributed by atoms with Gasteiger partial charge in [-0.2, -0.15) is 0 Å². The fourth-order valence-electron chi connectivity index (χ4n) is 3.60. The summed E-state index contributed by atoms with van der Waals surface area (Å²) in [6.45, 7) is 0.156. The van der Waals surface area contributed by atoms with Crippen LogP contribution < -0.4 is 10.6 Å². The number of H-pyrrole nitrogens is 1. The van der Waals surface area contributed by atoms with Crippen molar-refractivity contribution in [1.82, 2.24) is 15.6 Å². The molecule has 0 aliphatic carbocycles. The largest absolute Gasteiger partial charge is 0.389 e. The number of aliphatic hydroxyl groups excluding tert-OH is 1. The quantitative estimate of drug-likeness (QED) is 0.532. The molecule has 1 saturated heterocycles. The average Bonchev–Trinajstić information content (AvgIpc) is 3.23. The number of para-hydroxylation sites is 1. The first-order valence-electron chi connectivity index (χ1n) is 9.14. The third-order valence-electron chi connectivity index (χ3n) is 5.02. The molecule has 6 nitrogen and oxygen atoms in total. The summed E-state index contributed by atoms with van der Waals surface area (Å²) in [6, 6.07) is 14.7. The van der Waals surface area contributed by atoms with Crippen molar-refractivity contribution in [3.8, 4) is 11.3 Å². The van der Waals surface area contributed by atoms with Crippen LogP contribution in [0.2, 0.25) is 5.02 Å². The molecule has 0 bridgehead atoms. The topological polar surface area (TPSA) is 94.2 Å². The minimum atomic E-state index is -0.900. The maximum Gasteiger partial charge on any atom is 0.245 e. The van der Waals surface area contributed by atoms with Crippen LogP contribution in [-0.2, 0) is 16.0 Å². The molecule has 2 atom stereocenters. The van der Waals surface area contributed by atoms with Gasteiger partial charge in [0.15, 0.2) is 0 Å². The van der Waals surface area contributed by atoms with Gasteiger partial charge < -0.3 is 20.7 Å². The number of aryl methyl sites for hydroxylation is 1. The van der Waals surface area contributed by atoms with Gasteiger partial charge in [0.1, 0.15) is 12.1 Å². The number of amides is 2. The predicted molar refractivity (Wildman–Crippen MR) is 108 cm³/mol. The van der Waals surface area contributed by atoms with E-state index in [1.807, 2.05) is 48.5 Å². The van der Waals surface area contributed by atoms with Crippen LogP contribution >= 0.6 is 11.6 Å². The molecule has 0 spiro atoms. The van der Waals surface area contributed by atoms with Crippen LogP contribution in [0.1, 0.15) is 12.0 Å². The summed E-state index contributed by atoms with van der Waals surface area (Å²) >= 11 is 6.36. The highest BCUT2D eigenvalue weighted by Crippen LogP contribution is 2.34. The molecule has 3 aromatic rings. The van der Waals surface area contributed by atoms with E-state index in [0.717, 1.165) is 27.7 Å². The number of carbonyl (C=O) groups is 2. The third-order valence-corrected chi connectivity index (χ3v) is 5.34. The van der Waals surface area contributed by atoms with Crippen molar-refractivity contribution in [3.63, 3.8) is 0 Å². The van der Waals surface area contributed by atoms with Gasteiger partial charge in [0.05, 0.1) is 10.5 Å². The number of aromatic nitrogens is 1. The van der Waals surface area contributed by atoms with Gasteiger partial charge in [0.25, 0.3) is 0 Å². The van der Waals surface area contributed by atoms with E-state index >= 15 is 0 Å². The predicted octanol–water partition coefficient (Wildman–Crippen LogP) is 2.40. The Morgan fingerprint density at radius 1 is 1.18 bits per heavy atom. The lowest BCUT2D eigenvalue weighted by Gasteiger charge is -2.13. The van der Waals surface area contributed by atoms with Gasteiger partial charge in [-0.15, -0.1) is 0 Å². The molecule has 0 unspecified atom stereocenters. The Kier molecular flexibility index (Phi) is 5.07. The van der Waals surface area contributed by atoms with Crippen LogP contribution in [0.25, 0.3) is 22.2 Å². The number of fused-ring (bicyclic) bond motifs is 1. The number of rotatable bonds is 5. The second kappa shape index (κ2) is 7.66. The Labute approximate surface area is 166 Å². The van der Waals surface area contributed by atoms with Crippen LogP contribution in [0.5, 0.6) is 0 Å². The molecule has 1 aromatic heterocycles. The Morgan fingerprint density at radius 2 is 1.96 bits per heavy atom. The maximum absolute atomic E-state index is 12.4. The van der Waals surface area contributed by atoms with Crippen molar-refractivity contribution >= 4 is 34.3 Å². The van der Waals surface area contributed by atoms with Crippen LogP contribution in [0.4, 0.5) is 0 Å². The molecule has 1 aliphatic heterocycles. The highest BCUT2D eigenvalue weighted by Gasteiger charge is 2.34. The van der Waals surface area contributed by atoms with E-state index in [-0.39, 0.29) is 24.8 Å². The zero-order chi connectivity index (χ0) is 19.7. The maximum atomic E-state index is 12.4. The Bertz CT molecular complexity index is 1030. The van der Waals surface area contributed by atoms with E-state index in [9.17, 15) is 14.7 Å². The molecule has 2 heterocycles. The number of nitrogens with one attached hydrogen (secondary N) is 3. The van der Waals surface area contributed by atoms with E-state index < -0.39 is 12.1 Å². The minimum absolute atomic E-state index is 0.156. The fourth-order valence-corrected chi connectivity index (χ4v) is 3.82. The lowest BCUT2D eigenvalue weighted by atomic mass is 10.0. The normalized spacial score (nSPS) is 19.0. The van der Waals surface area contributed by atoms with Gasteiger partial charge >= 0.3 is 0 Å². The van der Waals surface area contributed by atoms with Gasteiger partial charge in [-0.1, -0.05) is 54.1 Å². The number of carbonyl (C=O) groups excluding carboxylic acids is 2. The van der Waals surface area contributed by atoms with Crippen LogP contribution in [0, 0.1) is 0 Å². The van der Waals surface area contributed by atoms with Crippen LogP contribution in [-0.4, -0.2) is 40.6 Å². The van der Waals surface area contributed by atoms with Crippen molar-refractivity contribution in [2.75, 3.05) is 6.54 Å². The summed E-state index contributed by atoms with van der Waals surface area (Å²) in [5, 5.41) is 16.6. The average molecular weight is 398 g/mol. The first-order valence-corrected chi connectivity index (χ1v) is 9.52. The number of hydrogen-bond acceptors (Lipinski definition) is 3. The highest BCUT2D eigenvalue weighted by molar-refractivity contribution is 6.35. The molecule has 0 saturated carbocycles. The molecule has 28 heavy (non-hydrogen) atoms. The van der Waals surface area contributed by atoms with Gasteiger partial charge in [-0.3, -0.25) is 9.59 Å². The molecule has 2 aromatic carbocycles. The Morgan fingerprint density at radius 3 is 2.68 bits per heavy atom. The Balaban J connectivity index is 1.60. The van der Waals surface area contributed by atoms with E-state index in [0.29, 0.717) is 11.4 Å². The second-order valence-electron chi connectivity index (χ2n) is 6.86. The van der Waals surface area contributed by atoms with E-state index in [4.69, 9.17) is 11.6 Å². The molecule has 1 aliphatic rings. The van der Waals surface area contributed by atoms with Gasteiger partial charge in [-0.05, 0) is 23.6 Å². The monoisotopic (exact) mass is 397 g/mol. The van der Waals surface area contributed by atoms with Crippen molar-refractivity contribution in [2.24, 2.45) is 0 Å². The Hall–Kier alpha value is -2.83. The lowest BCUT2D eigenvalue weighted by molar-refractivity contribution is -0.128. The summed E-state index contributed by atoms with van der Waals surface area (Å²) in [5.41, 5.74) is 3.77. The van der Waals surface area contributed by atoms with Crippen molar-refractivity contribution in [3.05, 3.63) is 59.1 Å². The van der Waals surface area contributed by atoms with Crippen molar-refractivity contribution < 1.29 is 14.7 Å². The smallest absolute Gasteiger partial charge is 0.245 e. The van der Waals surface area contributed by atoms with Crippen LogP contribution in [0.15, 0.2) is 48.5 Å². The molecule has 4 N–H and O–H groups in total. The van der Waals surface area contributed by atoms with Gasteiger partial charge in [-0.25, -0.2) is 0 Å². The first kappa shape index (κ1) is 18.5. The standard InChI is InChI=1S/C21H20ClN3O3/c22-15-8-4-7-13-14(18(25-19(13)15)12-5-2-1-3-6-12)9-10-17(27)24-20-16(26)11-23-21(20)28/h1-8,16,20,25-26H,9-11H2,(H,23,28)(H,24,27)/t16-,20+/m1/s1. The van der Waals surface area contributed by atoms with E-state index in [1.54, 1.807) is 0 Å². The molecule has 144 valence electrons. The third kappa shape index (κ3) is 3.48. The molecule has 0 radical (unpaired) electrons. The number of aromatic amines is 1. The van der Waals surface area contributed by atoms with Gasteiger partial charge in [0, 0.05) is 24.0 Å². The fraction of sp³-hybridized carbons (Fsp3) is 0.238. The number of hydrogen-bond donors (Lipinski definition) is 4. The second-order valence-corrected chi connectivity index (χ2v) is 7.27. The van der Waals surface area contributed by atoms with Gasteiger partial charge in [0.2, 0.25) is 11.8 Å². The summed E-state index contributed by atoms with van der Waals surface area (Å²) in [7, 11) is 0. The number of halogens is 1. The highest BCUT2D eigenvalue weighted by atomic mass is 35.5.